The summed E-state index contributed by atoms with van der Waals surface area (Å²) in [5, 5.41) is 13.0. The number of ether oxygens (including phenoxy) is 1. The van der Waals surface area contributed by atoms with E-state index in [-0.39, 0.29) is 11.9 Å². The summed E-state index contributed by atoms with van der Waals surface area (Å²) in [5.74, 6) is -0.225. The van der Waals surface area contributed by atoms with Crippen LogP contribution in [0.15, 0.2) is 24.3 Å². The van der Waals surface area contributed by atoms with Crippen molar-refractivity contribution in [2.45, 2.75) is 19.4 Å². The zero-order chi connectivity index (χ0) is 13.7. The normalized spacial score (nSPS) is 12.4. The molecule has 1 aromatic heterocycles. The Hall–Kier alpha value is -1.53. The van der Waals surface area contributed by atoms with Crippen molar-refractivity contribution in [2.75, 3.05) is 19.0 Å². The summed E-state index contributed by atoms with van der Waals surface area (Å²) in [4.78, 5) is 0. The molecule has 0 saturated heterocycles. The van der Waals surface area contributed by atoms with Crippen LogP contribution in [0.5, 0.6) is 0 Å². The Morgan fingerprint density at radius 1 is 1.32 bits per heavy atom. The molecule has 1 unspecified atom stereocenters. The number of hydrogen-bond donors (Lipinski definition) is 1. The fraction of sp³-hybridized carbons (Fsp3) is 0.385. The van der Waals surface area contributed by atoms with E-state index in [4.69, 9.17) is 4.74 Å². The van der Waals surface area contributed by atoms with Crippen LogP contribution in [0.2, 0.25) is 0 Å². The molecule has 4 nitrogen and oxygen atoms in total. The lowest BCUT2D eigenvalue weighted by atomic mass is 10.2. The molecular weight excluding hydrogens is 265 g/mol. The standard InChI is InChI=1S/C13H16FN3OS/c1-9(18-2)8-15-13-17-16-12(19-13)7-10-3-5-11(14)6-4-10/h3-6,9H,7-8H2,1-2H3,(H,15,17). The predicted octanol–water partition coefficient (Wildman–Crippen LogP) is 2.71. The van der Waals surface area contributed by atoms with E-state index < -0.39 is 0 Å². The predicted molar refractivity (Wildman–Crippen MR) is 74.1 cm³/mol. The van der Waals surface area contributed by atoms with Crippen LogP contribution in [-0.2, 0) is 11.2 Å². The third-order valence-corrected chi connectivity index (χ3v) is 3.56. The number of hydrogen-bond acceptors (Lipinski definition) is 5. The average Bonchev–Trinajstić information content (AvgIpc) is 2.86. The molecule has 0 amide bonds. The molecule has 0 bridgehead atoms. The first kappa shape index (κ1) is 13.9. The van der Waals surface area contributed by atoms with E-state index in [0.29, 0.717) is 13.0 Å². The first-order valence-corrected chi connectivity index (χ1v) is 6.82. The van der Waals surface area contributed by atoms with Crippen molar-refractivity contribution in [1.82, 2.24) is 10.2 Å². The maximum Gasteiger partial charge on any atom is 0.205 e. The van der Waals surface area contributed by atoms with Gasteiger partial charge in [0.1, 0.15) is 10.8 Å². The average molecular weight is 281 g/mol. The number of rotatable bonds is 6. The molecule has 0 aliphatic heterocycles. The summed E-state index contributed by atoms with van der Waals surface area (Å²) in [6, 6.07) is 6.43. The molecule has 0 spiro atoms. The monoisotopic (exact) mass is 281 g/mol. The van der Waals surface area contributed by atoms with Gasteiger partial charge in [0.25, 0.3) is 0 Å². The lowest BCUT2D eigenvalue weighted by Crippen LogP contribution is -2.17. The van der Waals surface area contributed by atoms with Gasteiger partial charge in [-0.2, -0.15) is 0 Å². The van der Waals surface area contributed by atoms with Crippen LogP contribution >= 0.6 is 11.3 Å². The lowest BCUT2D eigenvalue weighted by molar-refractivity contribution is 0.129. The molecule has 1 N–H and O–H groups in total. The molecule has 0 aliphatic rings. The molecule has 1 atom stereocenters. The Bertz CT molecular complexity index is 515. The lowest BCUT2D eigenvalue weighted by Gasteiger charge is -2.08. The molecule has 102 valence electrons. The highest BCUT2D eigenvalue weighted by atomic mass is 32.1. The first-order chi connectivity index (χ1) is 9.17. The van der Waals surface area contributed by atoms with Crippen molar-refractivity contribution >= 4 is 16.5 Å². The van der Waals surface area contributed by atoms with Gasteiger partial charge in [-0.1, -0.05) is 23.5 Å². The number of methoxy groups -OCH3 is 1. The molecule has 2 aromatic rings. The quantitative estimate of drug-likeness (QED) is 0.884. The van der Waals surface area contributed by atoms with Gasteiger partial charge in [-0.05, 0) is 24.6 Å². The van der Waals surface area contributed by atoms with Crippen LogP contribution in [0.1, 0.15) is 17.5 Å². The smallest absolute Gasteiger partial charge is 0.205 e. The van der Waals surface area contributed by atoms with E-state index >= 15 is 0 Å². The third kappa shape index (κ3) is 4.25. The van der Waals surface area contributed by atoms with Crippen LogP contribution in [-0.4, -0.2) is 30.0 Å². The maximum atomic E-state index is 12.8. The molecule has 2 rings (SSSR count). The summed E-state index contributed by atoms with van der Waals surface area (Å²) >= 11 is 1.50. The van der Waals surface area contributed by atoms with Crippen LogP contribution < -0.4 is 5.32 Å². The van der Waals surface area contributed by atoms with Gasteiger partial charge in [-0.3, -0.25) is 0 Å². The number of halogens is 1. The van der Waals surface area contributed by atoms with Crippen LogP contribution in [0.25, 0.3) is 0 Å². The SMILES string of the molecule is COC(C)CNc1nnc(Cc2ccc(F)cc2)s1. The van der Waals surface area contributed by atoms with Crippen molar-refractivity contribution in [1.29, 1.82) is 0 Å². The number of nitrogens with zero attached hydrogens (tertiary/aromatic N) is 2. The number of benzene rings is 1. The molecule has 19 heavy (non-hydrogen) atoms. The maximum absolute atomic E-state index is 12.8. The van der Waals surface area contributed by atoms with Gasteiger partial charge < -0.3 is 10.1 Å². The highest BCUT2D eigenvalue weighted by Crippen LogP contribution is 2.18. The van der Waals surface area contributed by atoms with E-state index in [1.54, 1.807) is 19.2 Å². The van der Waals surface area contributed by atoms with Crippen molar-refractivity contribution in [3.05, 3.63) is 40.7 Å². The summed E-state index contributed by atoms with van der Waals surface area (Å²) in [6.45, 7) is 2.68. The zero-order valence-electron chi connectivity index (χ0n) is 10.9. The topological polar surface area (TPSA) is 47.0 Å². The minimum Gasteiger partial charge on any atom is -0.380 e. The Labute approximate surface area is 115 Å². The molecule has 0 saturated carbocycles. The van der Waals surface area contributed by atoms with Gasteiger partial charge in [0.2, 0.25) is 5.13 Å². The van der Waals surface area contributed by atoms with Gasteiger partial charge in [-0.15, -0.1) is 10.2 Å². The Balaban J connectivity index is 1.91. The van der Waals surface area contributed by atoms with Crippen LogP contribution in [0, 0.1) is 5.82 Å². The van der Waals surface area contributed by atoms with Crippen molar-refractivity contribution in [2.24, 2.45) is 0 Å². The summed E-state index contributed by atoms with van der Waals surface area (Å²) in [5.41, 5.74) is 1.02. The second kappa shape index (κ2) is 6.58. The van der Waals surface area contributed by atoms with E-state index in [1.165, 1.54) is 23.5 Å². The van der Waals surface area contributed by atoms with E-state index in [0.717, 1.165) is 15.7 Å². The van der Waals surface area contributed by atoms with E-state index in [1.807, 2.05) is 6.92 Å². The van der Waals surface area contributed by atoms with Crippen LogP contribution in [0.3, 0.4) is 0 Å². The molecule has 0 fully saturated rings. The van der Waals surface area contributed by atoms with E-state index in [2.05, 4.69) is 15.5 Å². The molecule has 1 heterocycles. The van der Waals surface area contributed by atoms with Gasteiger partial charge in [0.15, 0.2) is 0 Å². The molecular formula is C13H16FN3OS. The summed E-state index contributed by atoms with van der Waals surface area (Å²) < 4.78 is 17.9. The molecule has 0 radical (unpaired) electrons. The number of anilines is 1. The molecule has 6 heteroatoms. The minimum atomic E-state index is -0.225. The van der Waals surface area contributed by atoms with Gasteiger partial charge in [0.05, 0.1) is 6.10 Å². The number of aromatic nitrogens is 2. The summed E-state index contributed by atoms with van der Waals surface area (Å²) in [6.07, 6.45) is 0.795. The first-order valence-electron chi connectivity index (χ1n) is 6.01. The van der Waals surface area contributed by atoms with Crippen molar-refractivity contribution in [3.8, 4) is 0 Å². The third-order valence-electron chi connectivity index (χ3n) is 2.68. The largest absolute Gasteiger partial charge is 0.380 e. The van der Waals surface area contributed by atoms with Crippen LogP contribution in [0.4, 0.5) is 9.52 Å². The summed E-state index contributed by atoms with van der Waals surface area (Å²) in [7, 11) is 1.67. The Kier molecular flexibility index (Phi) is 4.81. The van der Waals surface area contributed by atoms with Crippen molar-refractivity contribution < 1.29 is 9.13 Å². The van der Waals surface area contributed by atoms with Gasteiger partial charge >= 0.3 is 0 Å². The fourth-order valence-corrected chi connectivity index (χ4v) is 2.27. The molecule has 1 aromatic carbocycles. The second-order valence-corrected chi connectivity index (χ2v) is 5.29. The Morgan fingerprint density at radius 3 is 2.74 bits per heavy atom. The van der Waals surface area contributed by atoms with Crippen molar-refractivity contribution in [3.63, 3.8) is 0 Å². The highest BCUT2D eigenvalue weighted by molar-refractivity contribution is 7.15. The molecule has 0 aliphatic carbocycles. The van der Waals surface area contributed by atoms with Gasteiger partial charge in [-0.25, -0.2) is 4.39 Å². The fourth-order valence-electron chi connectivity index (χ4n) is 1.49. The second-order valence-electron chi connectivity index (χ2n) is 4.23. The van der Waals surface area contributed by atoms with Gasteiger partial charge in [0, 0.05) is 20.1 Å². The van der Waals surface area contributed by atoms with E-state index in [9.17, 15) is 4.39 Å². The Morgan fingerprint density at radius 2 is 2.05 bits per heavy atom. The minimum absolute atomic E-state index is 0.129. The highest BCUT2D eigenvalue weighted by Gasteiger charge is 2.06. The zero-order valence-corrected chi connectivity index (χ0v) is 11.7. The number of nitrogens with one attached hydrogen (secondary N) is 1.